The summed E-state index contributed by atoms with van der Waals surface area (Å²) in [6.07, 6.45) is 1.78. The third kappa shape index (κ3) is 2.62. The lowest BCUT2D eigenvalue weighted by Gasteiger charge is -2.23. The van der Waals surface area contributed by atoms with Crippen molar-refractivity contribution in [3.05, 3.63) is 24.0 Å². The Morgan fingerprint density at radius 2 is 2.22 bits per heavy atom. The van der Waals surface area contributed by atoms with Crippen LogP contribution >= 0.6 is 12.2 Å². The van der Waals surface area contributed by atoms with Gasteiger partial charge in [0.2, 0.25) is 0 Å². The van der Waals surface area contributed by atoms with Gasteiger partial charge in [0.15, 0.2) is 0 Å². The summed E-state index contributed by atoms with van der Waals surface area (Å²) in [5, 5.41) is 0. The van der Waals surface area contributed by atoms with E-state index in [1.54, 1.807) is 6.20 Å². The van der Waals surface area contributed by atoms with E-state index < -0.39 is 0 Å². The van der Waals surface area contributed by atoms with Gasteiger partial charge in [0.05, 0.1) is 5.69 Å². The number of rotatable bonds is 3. The van der Waals surface area contributed by atoms with Crippen LogP contribution < -0.4 is 10.6 Å². The summed E-state index contributed by atoms with van der Waals surface area (Å²) < 4.78 is 0. The molecule has 2 rings (SSSR count). The van der Waals surface area contributed by atoms with Crippen molar-refractivity contribution in [2.24, 2.45) is 11.7 Å². The Kier molecular flexibility index (Phi) is 3.82. The van der Waals surface area contributed by atoms with Gasteiger partial charge in [-0.25, -0.2) is 0 Å². The van der Waals surface area contributed by atoms with E-state index in [4.69, 9.17) is 18.0 Å². The Morgan fingerprint density at radius 1 is 1.50 bits per heavy atom. The summed E-state index contributed by atoms with van der Waals surface area (Å²) in [7, 11) is 4.27. The maximum Gasteiger partial charge on any atom is 0.122 e. The normalized spacial score (nSPS) is 23.7. The highest BCUT2D eigenvalue weighted by atomic mass is 32.1. The van der Waals surface area contributed by atoms with Crippen LogP contribution in [0.25, 0.3) is 0 Å². The SMILES string of the molecule is CC1CN(c2ccnc(C(N)=S)c2)CC1N(C)C. The molecule has 18 heavy (non-hydrogen) atoms. The van der Waals surface area contributed by atoms with Crippen LogP contribution in [0.15, 0.2) is 18.3 Å². The standard InChI is InChI=1S/C13H20N4S/c1-9-7-17(8-12(9)16(2)3)10-4-5-15-11(6-10)13(14)18/h4-6,9,12H,7-8H2,1-3H3,(H2,14,18). The van der Waals surface area contributed by atoms with Gasteiger partial charge < -0.3 is 15.5 Å². The summed E-state index contributed by atoms with van der Waals surface area (Å²) in [5.74, 6) is 0.654. The molecule has 0 aliphatic carbocycles. The average Bonchev–Trinajstić information content (AvgIpc) is 2.71. The molecule has 0 spiro atoms. The lowest BCUT2D eigenvalue weighted by atomic mass is 10.1. The number of nitrogens with zero attached hydrogens (tertiary/aromatic N) is 3. The van der Waals surface area contributed by atoms with Crippen molar-refractivity contribution >= 4 is 22.9 Å². The zero-order valence-corrected chi connectivity index (χ0v) is 11.9. The molecule has 1 aliphatic heterocycles. The fourth-order valence-corrected chi connectivity index (χ4v) is 2.70. The van der Waals surface area contributed by atoms with Crippen LogP contribution in [0.1, 0.15) is 12.6 Å². The Bertz CT molecular complexity index is 446. The summed E-state index contributed by atoms with van der Waals surface area (Å²) >= 11 is 4.97. The van der Waals surface area contributed by atoms with Crippen LogP contribution in [0.2, 0.25) is 0 Å². The number of hydrogen-bond donors (Lipinski definition) is 1. The highest BCUT2D eigenvalue weighted by Gasteiger charge is 2.31. The minimum atomic E-state index is 0.355. The zero-order chi connectivity index (χ0) is 13.3. The summed E-state index contributed by atoms with van der Waals surface area (Å²) in [5.41, 5.74) is 7.48. The Morgan fingerprint density at radius 3 is 2.78 bits per heavy atom. The minimum Gasteiger partial charge on any atom is -0.388 e. The molecule has 2 unspecified atom stereocenters. The van der Waals surface area contributed by atoms with Crippen molar-refractivity contribution in [1.82, 2.24) is 9.88 Å². The van der Waals surface area contributed by atoms with E-state index in [-0.39, 0.29) is 0 Å². The third-order valence-electron chi connectivity index (χ3n) is 3.60. The van der Waals surface area contributed by atoms with Gasteiger partial charge in [0, 0.05) is 31.0 Å². The number of aromatic nitrogens is 1. The number of nitrogens with two attached hydrogens (primary N) is 1. The van der Waals surface area contributed by atoms with E-state index in [0.29, 0.717) is 22.6 Å². The second-order valence-corrected chi connectivity index (χ2v) is 5.62. The van der Waals surface area contributed by atoms with Gasteiger partial charge in [-0.1, -0.05) is 19.1 Å². The molecule has 1 fully saturated rings. The topological polar surface area (TPSA) is 45.4 Å². The smallest absolute Gasteiger partial charge is 0.122 e. The molecule has 0 saturated carbocycles. The van der Waals surface area contributed by atoms with Crippen LogP contribution in [0.4, 0.5) is 5.69 Å². The van der Waals surface area contributed by atoms with E-state index >= 15 is 0 Å². The molecule has 5 heteroatoms. The number of thiocarbonyl (C=S) groups is 1. The van der Waals surface area contributed by atoms with Crippen LogP contribution in [0, 0.1) is 5.92 Å². The van der Waals surface area contributed by atoms with Gasteiger partial charge in [0.1, 0.15) is 4.99 Å². The largest absolute Gasteiger partial charge is 0.388 e. The molecule has 1 saturated heterocycles. The maximum atomic E-state index is 5.63. The number of likely N-dealkylation sites (N-methyl/N-ethyl adjacent to an activating group) is 1. The number of anilines is 1. The number of pyridine rings is 1. The molecule has 1 aliphatic rings. The summed E-state index contributed by atoms with van der Waals surface area (Å²) in [6.45, 7) is 4.39. The second-order valence-electron chi connectivity index (χ2n) is 5.18. The molecule has 0 radical (unpaired) electrons. The van der Waals surface area contributed by atoms with Crippen molar-refractivity contribution in [3.8, 4) is 0 Å². The van der Waals surface area contributed by atoms with E-state index in [1.165, 1.54) is 0 Å². The minimum absolute atomic E-state index is 0.355. The quantitative estimate of drug-likeness (QED) is 0.828. The van der Waals surface area contributed by atoms with E-state index in [9.17, 15) is 0 Å². The molecular weight excluding hydrogens is 244 g/mol. The molecule has 0 amide bonds. The average molecular weight is 264 g/mol. The third-order valence-corrected chi connectivity index (χ3v) is 3.81. The van der Waals surface area contributed by atoms with Gasteiger partial charge in [-0.2, -0.15) is 0 Å². The second kappa shape index (κ2) is 5.20. The van der Waals surface area contributed by atoms with E-state index in [1.807, 2.05) is 12.1 Å². The summed E-state index contributed by atoms with van der Waals surface area (Å²) in [6, 6.07) is 4.59. The fraction of sp³-hybridized carbons (Fsp3) is 0.538. The molecule has 0 aromatic carbocycles. The van der Waals surface area contributed by atoms with Crippen LogP contribution in [0.5, 0.6) is 0 Å². The highest BCUT2D eigenvalue weighted by Crippen LogP contribution is 2.26. The van der Waals surface area contributed by atoms with Gasteiger partial charge in [-0.15, -0.1) is 0 Å². The zero-order valence-electron chi connectivity index (χ0n) is 11.1. The lowest BCUT2D eigenvalue weighted by molar-refractivity contribution is 0.266. The Labute approximate surface area is 114 Å². The molecule has 1 aromatic heterocycles. The van der Waals surface area contributed by atoms with Crippen molar-refractivity contribution in [3.63, 3.8) is 0 Å². The lowest BCUT2D eigenvalue weighted by Crippen LogP contribution is -2.34. The summed E-state index contributed by atoms with van der Waals surface area (Å²) in [4.78, 5) is 9.20. The molecular formula is C13H20N4S. The van der Waals surface area contributed by atoms with Gasteiger partial charge in [-0.05, 0) is 32.1 Å². The van der Waals surface area contributed by atoms with E-state index in [0.717, 1.165) is 18.8 Å². The first-order valence-corrected chi connectivity index (χ1v) is 6.57. The van der Waals surface area contributed by atoms with Crippen LogP contribution in [-0.4, -0.2) is 48.1 Å². The number of hydrogen-bond acceptors (Lipinski definition) is 4. The molecule has 2 N–H and O–H groups in total. The Hall–Kier alpha value is -1.20. The molecule has 98 valence electrons. The molecule has 0 bridgehead atoms. The molecule has 4 nitrogen and oxygen atoms in total. The van der Waals surface area contributed by atoms with Crippen molar-refractivity contribution in [1.29, 1.82) is 0 Å². The maximum absolute atomic E-state index is 5.63. The van der Waals surface area contributed by atoms with E-state index in [2.05, 4.69) is 35.8 Å². The predicted molar refractivity (Wildman–Crippen MR) is 79.0 cm³/mol. The van der Waals surface area contributed by atoms with Crippen molar-refractivity contribution in [2.75, 3.05) is 32.1 Å². The first kappa shape index (κ1) is 13.2. The van der Waals surface area contributed by atoms with Gasteiger partial charge >= 0.3 is 0 Å². The van der Waals surface area contributed by atoms with Crippen molar-refractivity contribution < 1.29 is 0 Å². The first-order valence-electron chi connectivity index (χ1n) is 6.16. The van der Waals surface area contributed by atoms with Gasteiger partial charge in [-0.3, -0.25) is 4.98 Å². The molecule has 2 heterocycles. The van der Waals surface area contributed by atoms with Gasteiger partial charge in [0.25, 0.3) is 0 Å². The fourth-order valence-electron chi connectivity index (χ4n) is 2.58. The highest BCUT2D eigenvalue weighted by molar-refractivity contribution is 7.80. The molecule has 1 aromatic rings. The first-order chi connectivity index (χ1) is 8.49. The molecule has 2 atom stereocenters. The monoisotopic (exact) mass is 264 g/mol. The van der Waals surface area contributed by atoms with Crippen molar-refractivity contribution in [2.45, 2.75) is 13.0 Å². The Balaban J connectivity index is 2.18. The van der Waals surface area contributed by atoms with Crippen LogP contribution in [-0.2, 0) is 0 Å². The van der Waals surface area contributed by atoms with Crippen LogP contribution in [0.3, 0.4) is 0 Å². The predicted octanol–water partition coefficient (Wildman–Crippen LogP) is 1.10.